The maximum absolute atomic E-state index is 13.6. The molecule has 1 aromatic rings. The van der Waals surface area contributed by atoms with Crippen LogP contribution in [0.5, 0.6) is 5.75 Å². The van der Waals surface area contributed by atoms with E-state index in [4.69, 9.17) is 14.3 Å². The first-order valence-electron chi connectivity index (χ1n) is 11.7. The molecule has 0 saturated carbocycles. The van der Waals surface area contributed by atoms with E-state index in [1.54, 1.807) is 6.92 Å². The van der Waals surface area contributed by atoms with Crippen LogP contribution >= 0.6 is 0 Å². The lowest BCUT2D eigenvalue weighted by Crippen LogP contribution is -2.60. The number of esters is 1. The van der Waals surface area contributed by atoms with Crippen LogP contribution in [0.15, 0.2) is 6.07 Å². The van der Waals surface area contributed by atoms with Crippen molar-refractivity contribution in [2.24, 2.45) is 11.8 Å². The van der Waals surface area contributed by atoms with Gasteiger partial charge in [0.15, 0.2) is 5.60 Å². The van der Waals surface area contributed by atoms with Crippen LogP contribution < -0.4 is 4.74 Å². The fraction of sp³-hybridized carbons (Fsp3) is 0.680. The van der Waals surface area contributed by atoms with Gasteiger partial charge in [-0.05, 0) is 62.1 Å². The topological polar surface area (TPSA) is 105 Å². The number of Topliss-reactive ketones (excluding diaryl/α,β-unsaturated/α-hetero) is 1. The van der Waals surface area contributed by atoms with E-state index in [0.29, 0.717) is 35.1 Å². The van der Waals surface area contributed by atoms with Gasteiger partial charge in [0.1, 0.15) is 12.4 Å². The molecule has 1 aliphatic rings. The molecule has 3 atom stereocenters. The Morgan fingerprint density at radius 1 is 1.18 bits per heavy atom. The summed E-state index contributed by atoms with van der Waals surface area (Å²) in [6.07, 6.45) is 2.78. The van der Waals surface area contributed by atoms with Crippen molar-refractivity contribution in [3.8, 4) is 5.75 Å². The Morgan fingerprint density at radius 2 is 1.85 bits per heavy atom. The predicted octanol–water partition coefficient (Wildman–Crippen LogP) is 5.31. The van der Waals surface area contributed by atoms with Gasteiger partial charge in [-0.15, -0.1) is 10.1 Å². The van der Waals surface area contributed by atoms with Gasteiger partial charge in [0, 0.05) is 6.92 Å². The van der Waals surface area contributed by atoms with E-state index < -0.39 is 35.2 Å². The molecular formula is C25H37NO7. The van der Waals surface area contributed by atoms with Crippen molar-refractivity contribution < 1.29 is 29.0 Å². The summed E-state index contributed by atoms with van der Waals surface area (Å²) in [6.45, 7) is 12.8. The fourth-order valence-electron chi connectivity index (χ4n) is 4.47. The molecule has 1 aliphatic heterocycles. The van der Waals surface area contributed by atoms with Crippen molar-refractivity contribution >= 4 is 11.8 Å². The number of rotatable bonds is 11. The summed E-state index contributed by atoms with van der Waals surface area (Å²) in [5.41, 5.74) is 1.30. The molecule has 0 aliphatic carbocycles. The molecule has 2 rings (SSSR count). The normalized spacial score (nSPS) is 20.7. The highest BCUT2D eigenvalue weighted by atomic mass is 17.0. The molecule has 184 valence electrons. The van der Waals surface area contributed by atoms with E-state index >= 15 is 0 Å². The van der Waals surface area contributed by atoms with Crippen molar-refractivity contribution in [3.05, 3.63) is 38.4 Å². The average Bonchev–Trinajstić information content (AvgIpc) is 2.70. The van der Waals surface area contributed by atoms with E-state index in [2.05, 4.69) is 20.8 Å². The number of benzene rings is 1. The highest BCUT2D eigenvalue weighted by Crippen LogP contribution is 2.43. The Bertz CT molecular complexity index is 895. The van der Waals surface area contributed by atoms with Crippen LogP contribution in [0.1, 0.15) is 86.8 Å². The SMILES string of the molecule is CC(=O)OC1C(=O)c2c(C)cc(C)c(C)c2OC1(CCC(C)CCCC(C)C)CO[N+](=O)[O-]. The summed E-state index contributed by atoms with van der Waals surface area (Å²) in [5.74, 6) is 0.245. The molecule has 8 nitrogen and oxygen atoms in total. The van der Waals surface area contributed by atoms with Crippen LogP contribution in [0, 0.1) is 42.7 Å². The summed E-state index contributed by atoms with van der Waals surface area (Å²) < 4.78 is 11.9. The van der Waals surface area contributed by atoms with Crippen LogP contribution in [-0.4, -0.2) is 35.2 Å². The molecule has 1 heterocycles. The summed E-state index contributed by atoms with van der Waals surface area (Å²) in [6, 6.07) is 1.89. The molecule has 0 spiro atoms. The minimum atomic E-state index is -1.49. The van der Waals surface area contributed by atoms with Crippen molar-refractivity contribution in [3.63, 3.8) is 0 Å². The Hall–Kier alpha value is -2.64. The summed E-state index contributed by atoms with van der Waals surface area (Å²) >= 11 is 0. The largest absolute Gasteiger partial charge is 0.480 e. The first-order chi connectivity index (χ1) is 15.4. The third-order valence-electron chi connectivity index (χ3n) is 6.49. The van der Waals surface area contributed by atoms with E-state index in [1.807, 2.05) is 19.9 Å². The maximum atomic E-state index is 13.6. The zero-order chi connectivity index (χ0) is 24.9. The molecule has 0 bridgehead atoms. The summed E-state index contributed by atoms with van der Waals surface area (Å²) in [7, 11) is 0. The van der Waals surface area contributed by atoms with Crippen LogP contribution in [0.2, 0.25) is 0 Å². The molecule has 1 aromatic carbocycles. The van der Waals surface area contributed by atoms with E-state index in [9.17, 15) is 19.7 Å². The highest BCUT2D eigenvalue weighted by molar-refractivity contribution is 6.06. The number of aryl methyl sites for hydroxylation is 2. The van der Waals surface area contributed by atoms with Gasteiger partial charge in [0.05, 0.1) is 5.56 Å². The fourth-order valence-corrected chi connectivity index (χ4v) is 4.47. The lowest BCUT2D eigenvalue weighted by molar-refractivity contribution is -0.761. The number of carbonyl (C=O) groups excluding carboxylic acids is 2. The summed E-state index contributed by atoms with van der Waals surface area (Å²) in [5, 5.41) is 10.2. The maximum Gasteiger partial charge on any atom is 0.303 e. The van der Waals surface area contributed by atoms with Gasteiger partial charge < -0.3 is 14.3 Å². The number of fused-ring (bicyclic) bond motifs is 1. The second-order valence-corrected chi connectivity index (χ2v) is 9.83. The monoisotopic (exact) mass is 463 g/mol. The van der Waals surface area contributed by atoms with Crippen LogP contribution in [-0.2, 0) is 14.4 Å². The molecule has 0 radical (unpaired) electrons. The summed E-state index contributed by atoms with van der Waals surface area (Å²) in [4.78, 5) is 41.4. The third-order valence-corrected chi connectivity index (χ3v) is 6.49. The highest BCUT2D eigenvalue weighted by Gasteiger charge is 2.53. The Balaban J connectivity index is 2.46. The number of carbonyl (C=O) groups is 2. The standard InChI is InChI=1S/C25H37NO7/c1-15(2)9-8-10-16(3)11-12-25(14-31-26(29)30)24(32-20(7)27)22(28)21-18(5)13-17(4)19(6)23(21)33-25/h13,15-16,24H,8-12,14H2,1-7H3. The van der Waals surface area contributed by atoms with Crippen molar-refractivity contribution in [2.75, 3.05) is 6.61 Å². The second kappa shape index (κ2) is 11.0. The lowest BCUT2D eigenvalue weighted by atomic mass is 9.79. The van der Waals surface area contributed by atoms with Gasteiger partial charge in [-0.1, -0.05) is 46.1 Å². The predicted molar refractivity (Wildman–Crippen MR) is 124 cm³/mol. The number of hydrogen-bond acceptors (Lipinski definition) is 7. The Labute approximate surface area is 196 Å². The van der Waals surface area contributed by atoms with Crippen molar-refractivity contribution in [1.29, 1.82) is 0 Å². The van der Waals surface area contributed by atoms with Crippen LogP contribution in [0.25, 0.3) is 0 Å². The molecule has 0 amide bonds. The van der Waals surface area contributed by atoms with Gasteiger partial charge in [-0.25, -0.2) is 0 Å². The first-order valence-corrected chi connectivity index (χ1v) is 11.7. The molecule has 0 fully saturated rings. The molecule has 33 heavy (non-hydrogen) atoms. The first kappa shape index (κ1) is 26.6. The van der Waals surface area contributed by atoms with Crippen molar-refractivity contribution in [2.45, 2.75) is 92.3 Å². The van der Waals surface area contributed by atoms with E-state index in [1.165, 1.54) is 6.92 Å². The van der Waals surface area contributed by atoms with Crippen LogP contribution in [0.3, 0.4) is 0 Å². The third kappa shape index (κ3) is 6.45. The number of ether oxygens (including phenoxy) is 2. The minimum Gasteiger partial charge on any atom is -0.480 e. The van der Waals surface area contributed by atoms with E-state index in [-0.39, 0.29) is 6.42 Å². The molecule has 0 saturated heterocycles. The van der Waals surface area contributed by atoms with Gasteiger partial charge in [0.25, 0.3) is 5.09 Å². The van der Waals surface area contributed by atoms with Gasteiger partial charge in [-0.3, -0.25) is 9.59 Å². The molecule has 0 N–H and O–H groups in total. The smallest absolute Gasteiger partial charge is 0.303 e. The van der Waals surface area contributed by atoms with Gasteiger partial charge >= 0.3 is 5.97 Å². The van der Waals surface area contributed by atoms with Gasteiger partial charge in [-0.2, -0.15) is 0 Å². The molecule has 0 aromatic heterocycles. The average molecular weight is 464 g/mol. The van der Waals surface area contributed by atoms with Crippen molar-refractivity contribution in [1.82, 2.24) is 0 Å². The quantitative estimate of drug-likeness (QED) is 0.249. The molecular weight excluding hydrogens is 426 g/mol. The van der Waals surface area contributed by atoms with Crippen LogP contribution in [0.4, 0.5) is 0 Å². The number of nitrogens with zero attached hydrogens (tertiary/aromatic N) is 1. The molecule has 8 heteroatoms. The molecule has 3 unspecified atom stereocenters. The number of ketones is 1. The zero-order valence-corrected chi connectivity index (χ0v) is 20.9. The van der Waals surface area contributed by atoms with E-state index in [0.717, 1.165) is 30.4 Å². The van der Waals surface area contributed by atoms with Gasteiger partial charge in [0.2, 0.25) is 11.9 Å². The Morgan fingerprint density at radius 3 is 2.42 bits per heavy atom. The zero-order valence-electron chi connectivity index (χ0n) is 20.9. The second-order valence-electron chi connectivity index (χ2n) is 9.83. The lowest BCUT2D eigenvalue weighted by Gasteiger charge is -2.43. The minimum absolute atomic E-state index is 0.277. The number of hydrogen-bond donors (Lipinski definition) is 0. The Kier molecular flexibility index (Phi) is 8.86.